The number of halogens is 1. The number of dihydropyridines is 1. The third kappa shape index (κ3) is 3.81. The van der Waals surface area contributed by atoms with Crippen molar-refractivity contribution in [1.29, 1.82) is 0 Å². The predicted molar refractivity (Wildman–Crippen MR) is 106 cm³/mol. The Bertz CT molecular complexity index is 841. The van der Waals surface area contributed by atoms with Gasteiger partial charge in [-0.1, -0.05) is 22.9 Å². The van der Waals surface area contributed by atoms with Gasteiger partial charge in [0.25, 0.3) is 0 Å². The molecule has 0 saturated carbocycles. The Hall–Kier alpha value is -2.08. The van der Waals surface area contributed by atoms with Crippen LogP contribution in [0, 0.1) is 0 Å². The van der Waals surface area contributed by atoms with E-state index in [-0.39, 0.29) is 11.8 Å². The summed E-state index contributed by atoms with van der Waals surface area (Å²) in [5.41, 5.74) is 3.57. The first kappa shape index (κ1) is 19.7. The van der Waals surface area contributed by atoms with Crippen LogP contribution >= 0.6 is 15.9 Å². The highest BCUT2D eigenvalue weighted by atomic mass is 79.9. The molecule has 1 aliphatic heterocycles. The quantitative estimate of drug-likeness (QED) is 0.697. The Morgan fingerprint density at radius 1 is 1.33 bits per heavy atom. The number of hydrogen-bond acceptors (Lipinski definition) is 5. The summed E-state index contributed by atoms with van der Waals surface area (Å²) in [6.45, 7) is 4.16. The first-order valence-electron chi connectivity index (χ1n) is 9.22. The summed E-state index contributed by atoms with van der Waals surface area (Å²) in [6, 6.07) is 5.65. The Labute approximate surface area is 167 Å². The van der Waals surface area contributed by atoms with E-state index in [1.54, 1.807) is 7.11 Å². The van der Waals surface area contributed by atoms with Gasteiger partial charge in [0.15, 0.2) is 5.78 Å². The number of carbonyl (C=O) groups excluding carboxylic acids is 2. The number of rotatable bonds is 5. The SMILES string of the molecule is CCCOC(=O)C1=C(C)NC2=C(C(=O)CCC2)[C@H]1c1cc(Br)ccc1OC. The monoisotopic (exact) mass is 433 g/mol. The van der Waals surface area contributed by atoms with Crippen molar-refractivity contribution in [3.63, 3.8) is 0 Å². The zero-order valence-electron chi connectivity index (χ0n) is 15.9. The Kier molecular flexibility index (Phi) is 6.05. The van der Waals surface area contributed by atoms with Crippen LogP contribution < -0.4 is 10.1 Å². The van der Waals surface area contributed by atoms with Gasteiger partial charge in [-0.25, -0.2) is 4.79 Å². The fourth-order valence-electron chi connectivity index (χ4n) is 3.77. The zero-order chi connectivity index (χ0) is 19.6. The molecule has 1 N–H and O–H groups in total. The van der Waals surface area contributed by atoms with Gasteiger partial charge in [-0.15, -0.1) is 0 Å². The minimum atomic E-state index is -0.495. The molecule has 0 saturated heterocycles. The van der Waals surface area contributed by atoms with Gasteiger partial charge in [-0.05, 0) is 44.4 Å². The molecule has 1 atom stereocenters. The second kappa shape index (κ2) is 8.30. The summed E-state index contributed by atoms with van der Waals surface area (Å²) in [6.07, 6.45) is 2.84. The highest BCUT2D eigenvalue weighted by molar-refractivity contribution is 9.10. The average Bonchev–Trinajstić information content (AvgIpc) is 2.65. The van der Waals surface area contributed by atoms with Crippen LogP contribution in [0.25, 0.3) is 0 Å². The first-order chi connectivity index (χ1) is 13.0. The molecule has 144 valence electrons. The van der Waals surface area contributed by atoms with Gasteiger partial charge in [0.2, 0.25) is 0 Å². The van der Waals surface area contributed by atoms with E-state index in [0.29, 0.717) is 29.9 Å². The smallest absolute Gasteiger partial charge is 0.336 e. The van der Waals surface area contributed by atoms with E-state index in [1.807, 2.05) is 32.0 Å². The van der Waals surface area contributed by atoms with Crippen molar-refractivity contribution >= 4 is 27.7 Å². The second-order valence-corrected chi connectivity index (χ2v) is 7.70. The van der Waals surface area contributed by atoms with Crippen molar-refractivity contribution in [3.8, 4) is 5.75 Å². The predicted octanol–water partition coefficient (Wildman–Crippen LogP) is 4.38. The molecule has 6 heteroatoms. The molecule has 0 amide bonds. The Morgan fingerprint density at radius 2 is 2.11 bits per heavy atom. The Morgan fingerprint density at radius 3 is 2.81 bits per heavy atom. The molecule has 27 heavy (non-hydrogen) atoms. The zero-order valence-corrected chi connectivity index (χ0v) is 17.4. The summed E-state index contributed by atoms with van der Waals surface area (Å²) < 4.78 is 11.9. The summed E-state index contributed by atoms with van der Waals surface area (Å²) in [4.78, 5) is 25.8. The lowest BCUT2D eigenvalue weighted by atomic mass is 9.75. The molecule has 5 nitrogen and oxygen atoms in total. The van der Waals surface area contributed by atoms with Crippen molar-refractivity contribution in [1.82, 2.24) is 5.32 Å². The lowest BCUT2D eigenvalue weighted by Crippen LogP contribution is -2.34. The van der Waals surface area contributed by atoms with Crippen LogP contribution in [0.1, 0.15) is 51.0 Å². The summed E-state index contributed by atoms with van der Waals surface area (Å²) in [7, 11) is 1.59. The lowest BCUT2D eigenvalue weighted by Gasteiger charge is -2.34. The van der Waals surface area contributed by atoms with Crippen molar-refractivity contribution < 1.29 is 19.1 Å². The minimum absolute atomic E-state index is 0.0732. The molecule has 1 heterocycles. The van der Waals surface area contributed by atoms with Crippen LogP contribution in [0.15, 0.2) is 45.2 Å². The van der Waals surface area contributed by atoms with Gasteiger partial charge >= 0.3 is 5.97 Å². The number of ketones is 1. The van der Waals surface area contributed by atoms with Crippen molar-refractivity contribution in [2.45, 2.75) is 45.4 Å². The van der Waals surface area contributed by atoms with Gasteiger partial charge in [0, 0.05) is 33.4 Å². The molecular formula is C21H24BrNO4. The van der Waals surface area contributed by atoms with Crippen LogP contribution in [0.2, 0.25) is 0 Å². The van der Waals surface area contributed by atoms with Crippen LogP contribution in [0.3, 0.4) is 0 Å². The highest BCUT2D eigenvalue weighted by Crippen LogP contribution is 2.45. The van der Waals surface area contributed by atoms with Gasteiger partial charge in [-0.2, -0.15) is 0 Å². The van der Waals surface area contributed by atoms with Crippen LogP contribution in [-0.2, 0) is 14.3 Å². The third-order valence-corrected chi connectivity index (χ3v) is 5.43. The Balaban J connectivity index is 2.19. The number of Topliss-reactive ketones (excluding diaryl/α,β-unsaturated/α-hetero) is 1. The molecule has 1 aromatic rings. The van der Waals surface area contributed by atoms with E-state index in [9.17, 15) is 9.59 Å². The summed E-state index contributed by atoms with van der Waals surface area (Å²) in [5.74, 6) is -0.169. The number of allylic oxidation sites excluding steroid dienone is 3. The number of esters is 1. The number of ether oxygens (including phenoxy) is 2. The van der Waals surface area contributed by atoms with Gasteiger partial charge < -0.3 is 14.8 Å². The molecule has 0 unspecified atom stereocenters. The van der Waals surface area contributed by atoms with Crippen molar-refractivity contribution in [2.24, 2.45) is 0 Å². The van der Waals surface area contributed by atoms with Crippen molar-refractivity contribution in [2.75, 3.05) is 13.7 Å². The molecule has 1 aliphatic carbocycles. The fourth-order valence-corrected chi connectivity index (χ4v) is 4.15. The second-order valence-electron chi connectivity index (χ2n) is 6.79. The minimum Gasteiger partial charge on any atom is -0.496 e. The number of carbonyl (C=O) groups is 2. The van der Waals surface area contributed by atoms with E-state index in [4.69, 9.17) is 9.47 Å². The van der Waals surface area contributed by atoms with E-state index in [2.05, 4.69) is 21.2 Å². The van der Waals surface area contributed by atoms with E-state index in [0.717, 1.165) is 40.7 Å². The maximum atomic E-state index is 12.9. The first-order valence-corrected chi connectivity index (χ1v) is 10.0. The fraction of sp³-hybridized carbons (Fsp3) is 0.429. The molecule has 0 spiro atoms. The van der Waals surface area contributed by atoms with Gasteiger partial charge in [0.1, 0.15) is 5.75 Å². The van der Waals surface area contributed by atoms with E-state index >= 15 is 0 Å². The van der Waals surface area contributed by atoms with E-state index < -0.39 is 5.92 Å². The van der Waals surface area contributed by atoms with E-state index in [1.165, 1.54) is 0 Å². The van der Waals surface area contributed by atoms with Gasteiger partial charge in [-0.3, -0.25) is 4.79 Å². The number of hydrogen-bond donors (Lipinski definition) is 1. The largest absolute Gasteiger partial charge is 0.496 e. The number of methoxy groups -OCH3 is 1. The highest BCUT2D eigenvalue weighted by Gasteiger charge is 2.40. The van der Waals surface area contributed by atoms with Gasteiger partial charge in [0.05, 0.1) is 25.2 Å². The van der Waals surface area contributed by atoms with Crippen molar-refractivity contribution in [3.05, 3.63) is 50.8 Å². The molecule has 2 aliphatic rings. The standard InChI is InChI=1S/C21H24BrNO4/c1-4-10-27-21(25)18-12(2)23-15-6-5-7-16(24)20(15)19(18)14-11-13(22)8-9-17(14)26-3/h8-9,11,19,23H,4-7,10H2,1-3H3/t19-/m0/s1. The van der Waals surface area contributed by atoms with Crippen LogP contribution in [0.5, 0.6) is 5.75 Å². The molecule has 1 aromatic carbocycles. The average molecular weight is 434 g/mol. The lowest BCUT2D eigenvalue weighted by molar-refractivity contribution is -0.139. The topological polar surface area (TPSA) is 64.6 Å². The summed E-state index contributed by atoms with van der Waals surface area (Å²) in [5, 5.41) is 3.29. The summed E-state index contributed by atoms with van der Waals surface area (Å²) >= 11 is 3.50. The maximum absolute atomic E-state index is 12.9. The molecule has 0 fully saturated rings. The molecule has 3 rings (SSSR count). The molecule has 0 bridgehead atoms. The normalized spacial score (nSPS) is 19.6. The molecule has 0 aromatic heterocycles. The third-order valence-electron chi connectivity index (χ3n) is 4.94. The van der Waals surface area contributed by atoms with Crippen LogP contribution in [-0.4, -0.2) is 25.5 Å². The number of nitrogens with one attached hydrogen (secondary N) is 1. The molecular weight excluding hydrogens is 410 g/mol. The van der Waals surface area contributed by atoms with Crippen LogP contribution in [0.4, 0.5) is 0 Å². The molecule has 0 radical (unpaired) electrons. The number of benzene rings is 1. The maximum Gasteiger partial charge on any atom is 0.336 e.